The fourth-order valence-electron chi connectivity index (χ4n) is 0.381. The molecule has 1 amide bonds. The number of amides is 1. The van der Waals surface area contributed by atoms with E-state index in [1.165, 1.54) is 0 Å². The van der Waals surface area contributed by atoms with Gasteiger partial charge in [0.15, 0.2) is 0 Å². The van der Waals surface area contributed by atoms with Crippen LogP contribution in [0.15, 0.2) is 0 Å². The molecule has 0 unspecified atom stereocenters. The Kier molecular flexibility index (Phi) is 20.4. The second kappa shape index (κ2) is 14.8. The van der Waals surface area contributed by atoms with E-state index in [9.17, 15) is 9.59 Å². The summed E-state index contributed by atoms with van der Waals surface area (Å²) in [7, 11) is 0. The summed E-state index contributed by atoms with van der Waals surface area (Å²) in [4.78, 5) is 38.4. The maximum absolute atomic E-state index is 10.4. The third-order valence-electron chi connectivity index (χ3n) is 1.03. The summed E-state index contributed by atoms with van der Waals surface area (Å²) in [5.74, 6) is -4.91. The van der Waals surface area contributed by atoms with Crippen molar-refractivity contribution in [1.82, 2.24) is 17.6 Å². The average Bonchev–Trinajstić information content (AvgIpc) is 2.17. The normalized spacial score (nSPS) is 7.39. The fraction of sp³-hybridized carbons (Fsp3) is 0.429. The van der Waals surface area contributed by atoms with Crippen LogP contribution in [0.3, 0.4) is 0 Å². The van der Waals surface area contributed by atoms with Crippen molar-refractivity contribution >= 4 is 23.8 Å². The van der Waals surface area contributed by atoms with Crippen molar-refractivity contribution in [1.29, 1.82) is 0 Å². The van der Waals surface area contributed by atoms with Gasteiger partial charge in [0.1, 0.15) is 0 Å². The summed E-state index contributed by atoms with van der Waals surface area (Å²) in [5.41, 5.74) is 4.93. The van der Waals surface area contributed by atoms with Gasteiger partial charge in [-0.05, 0) is 0 Å². The number of hydrogen-bond donors (Lipinski definition) is 7. The molecule has 0 radical (unpaired) electrons. The van der Waals surface area contributed by atoms with Crippen molar-refractivity contribution in [2.24, 2.45) is 5.73 Å². The van der Waals surface area contributed by atoms with Crippen LogP contribution in [0.25, 0.3) is 0 Å². The molecular formula is C7H18N4O7. The van der Waals surface area contributed by atoms with Crippen LogP contribution in [-0.4, -0.2) is 52.2 Å². The highest BCUT2D eigenvalue weighted by Crippen LogP contribution is 1.73. The number of aliphatic carboxylic acids is 3. The van der Waals surface area contributed by atoms with Crippen LogP contribution in [0.1, 0.15) is 6.42 Å². The van der Waals surface area contributed by atoms with Crippen LogP contribution in [0.5, 0.6) is 0 Å². The molecule has 108 valence electrons. The van der Waals surface area contributed by atoms with E-state index in [4.69, 9.17) is 30.6 Å². The molecule has 0 atom stereocenters. The molecule has 11 heteroatoms. The topological polar surface area (TPSA) is 237 Å². The van der Waals surface area contributed by atoms with Gasteiger partial charge in [-0.3, -0.25) is 9.59 Å². The maximum atomic E-state index is 10.4. The Bertz CT molecular complexity index is 269. The number of carboxylic acid groups (broad SMARTS) is 3. The van der Waals surface area contributed by atoms with Gasteiger partial charge in [0.2, 0.25) is 5.91 Å². The molecule has 0 heterocycles. The number of nitrogens with two attached hydrogens (primary N) is 1. The number of carbonyl (C=O) groups is 4. The van der Waals surface area contributed by atoms with E-state index >= 15 is 0 Å². The van der Waals surface area contributed by atoms with Gasteiger partial charge in [-0.1, -0.05) is 0 Å². The van der Waals surface area contributed by atoms with Gasteiger partial charge in [-0.25, -0.2) is 9.59 Å². The zero-order valence-electron chi connectivity index (χ0n) is 9.59. The number of nitrogens with one attached hydrogen (secondary N) is 1. The summed E-state index contributed by atoms with van der Waals surface area (Å²) in [5, 5.41) is 25.2. The Labute approximate surface area is 102 Å². The lowest BCUT2D eigenvalue weighted by molar-refractivity contribution is -0.159. The van der Waals surface area contributed by atoms with Crippen LogP contribution >= 0.6 is 0 Å². The van der Waals surface area contributed by atoms with E-state index in [0.717, 1.165) is 0 Å². The smallest absolute Gasteiger partial charge is 0.414 e. The molecule has 0 aromatic carbocycles. The SMILES string of the molecule is N.N.NCC(=O)NCCC(=O)O.O=C(O)C(=O)O. The van der Waals surface area contributed by atoms with E-state index in [2.05, 4.69) is 5.32 Å². The lowest BCUT2D eigenvalue weighted by Gasteiger charge is -1.98. The van der Waals surface area contributed by atoms with Crippen LogP contribution in [0, 0.1) is 0 Å². The van der Waals surface area contributed by atoms with Crippen LogP contribution < -0.4 is 23.4 Å². The molecule has 0 fully saturated rings. The lowest BCUT2D eigenvalue weighted by atomic mass is 10.4. The van der Waals surface area contributed by atoms with Gasteiger partial charge in [0.05, 0.1) is 13.0 Å². The molecule has 11 nitrogen and oxygen atoms in total. The Balaban J connectivity index is -0.000000108. The summed E-state index contributed by atoms with van der Waals surface area (Å²) in [6.45, 7) is 0.0466. The van der Waals surface area contributed by atoms with Crippen molar-refractivity contribution in [3.63, 3.8) is 0 Å². The zero-order valence-corrected chi connectivity index (χ0v) is 9.59. The van der Waals surface area contributed by atoms with E-state index in [0.29, 0.717) is 0 Å². The predicted molar refractivity (Wildman–Crippen MR) is 59.6 cm³/mol. The average molecular weight is 270 g/mol. The molecule has 0 aromatic heterocycles. The Morgan fingerprint density at radius 1 is 0.944 bits per heavy atom. The molecule has 18 heavy (non-hydrogen) atoms. The molecule has 0 aliphatic heterocycles. The molecule has 12 N–H and O–H groups in total. The first-order valence-corrected chi connectivity index (χ1v) is 3.96. The Morgan fingerprint density at radius 3 is 1.56 bits per heavy atom. The molecule has 0 bridgehead atoms. The van der Waals surface area contributed by atoms with Crippen molar-refractivity contribution < 1.29 is 34.5 Å². The van der Waals surface area contributed by atoms with Gasteiger partial charge in [0.25, 0.3) is 0 Å². The first-order chi connectivity index (χ1) is 7.31. The number of carbonyl (C=O) groups excluding carboxylic acids is 1. The highest BCUT2D eigenvalue weighted by molar-refractivity contribution is 6.27. The van der Waals surface area contributed by atoms with E-state index < -0.39 is 17.9 Å². The highest BCUT2D eigenvalue weighted by Gasteiger charge is 2.04. The molecule has 0 aromatic rings. The van der Waals surface area contributed by atoms with E-state index in [1.54, 1.807) is 0 Å². The number of carboxylic acids is 3. The quantitative estimate of drug-likeness (QED) is 0.277. The minimum absolute atomic E-state index is 0. The molecular weight excluding hydrogens is 252 g/mol. The molecule has 0 rings (SSSR count). The molecule has 0 saturated heterocycles. The number of rotatable bonds is 4. The van der Waals surface area contributed by atoms with Crippen molar-refractivity contribution in [2.45, 2.75) is 6.42 Å². The monoisotopic (exact) mass is 270 g/mol. The predicted octanol–water partition coefficient (Wildman–Crippen LogP) is -1.98. The fourth-order valence-corrected chi connectivity index (χ4v) is 0.381. The summed E-state index contributed by atoms with van der Waals surface area (Å²) >= 11 is 0. The second-order valence-electron chi connectivity index (χ2n) is 2.31. The summed E-state index contributed by atoms with van der Waals surface area (Å²) in [6, 6.07) is 0. The van der Waals surface area contributed by atoms with Crippen molar-refractivity contribution in [3.05, 3.63) is 0 Å². The van der Waals surface area contributed by atoms with E-state index in [1.807, 2.05) is 0 Å². The zero-order chi connectivity index (χ0) is 13.1. The van der Waals surface area contributed by atoms with Crippen LogP contribution in [0.4, 0.5) is 0 Å². The van der Waals surface area contributed by atoms with Crippen molar-refractivity contribution in [3.8, 4) is 0 Å². The first kappa shape index (κ1) is 24.8. The molecule has 0 aliphatic carbocycles. The van der Waals surface area contributed by atoms with E-state index in [-0.39, 0.29) is 37.7 Å². The molecule has 0 aliphatic rings. The standard InChI is InChI=1S/C5H10N2O3.C2H2O4.2H3N/c6-3-4(8)7-2-1-5(9)10;3-1(4)2(5)6;;/h1-3,6H2,(H,7,8)(H,9,10);(H,3,4)(H,5,6);2*1H3. The van der Waals surface area contributed by atoms with Gasteiger partial charge in [-0.15, -0.1) is 0 Å². The minimum Gasteiger partial charge on any atom is -0.481 e. The van der Waals surface area contributed by atoms with Gasteiger partial charge in [-0.2, -0.15) is 0 Å². The molecule has 0 saturated carbocycles. The number of hydrogen-bond acceptors (Lipinski definition) is 7. The third-order valence-corrected chi connectivity index (χ3v) is 1.03. The van der Waals surface area contributed by atoms with Gasteiger partial charge >= 0.3 is 17.9 Å². The van der Waals surface area contributed by atoms with Gasteiger partial charge in [0, 0.05) is 6.54 Å². The second-order valence-corrected chi connectivity index (χ2v) is 2.31. The Hall–Kier alpha value is -2.24. The lowest BCUT2D eigenvalue weighted by Crippen LogP contribution is -2.31. The Morgan fingerprint density at radius 2 is 1.33 bits per heavy atom. The summed E-state index contributed by atoms with van der Waals surface area (Å²) < 4.78 is 0. The molecule has 0 spiro atoms. The third kappa shape index (κ3) is 23.5. The van der Waals surface area contributed by atoms with Crippen molar-refractivity contribution in [2.75, 3.05) is 13.1 Å². The van der Waals surface area contributed by atoms with Crippen LogP contribution in [0.2, 0.25) is 0 Å². The summed E-state index contributed by atoms with van der Waals surface area (Å²) in [6.07, 6.45) is -0.0638. The minimum atomic E-state index is -1.82. The highest BCUT2D eigenvalue weighted by atomic mass is 16.4. The maximum Gasteiger partial charge on any atom is 0.414 e. The van der Waals surface area contributed by atoms with Gasteiger partial charge < -0.3 is 38.7 Å². The largest absolute Gasteiger partial charge is 0.481 e. The first-order valence-electron chi connectivity index (χ1n) is 3.96. The van der Waals surface area contributed by atoms with Crippen LogP contribution in [-0.2, 0) is 19.2 Å².